The van der Waals surface area contributed by atoms with Gasteiger partial charge in [0, 0.05) is 23.7 Å². The highest BCUT2D eigenvalue weighted by Crippen LogP contribution is 2.16. The van der Waals surface area contributed by atoms with Gasteiger partial charge in [0.15, 0.2) is 25.1 Å². The SMILES string of the molecule is C=C(Br)C[n+]1ccc(NC(=NCCCCCCOc2ccc(Cl)cc2)NC#N)cc1. The van der Waals surface area contributed by atoms with Crippen LogP contribution in [0.25, 0.3) is 0 Å². The number of guanidine groups is 1. The molecule has 1 heterocycles. The van der Waals surface area contributed by atoms with Gasteiger partial charge in [0.25, 0.3) is 0 Å². The Hall–Kier alpha value is -2.56. The van der Waals surface area contributed by atoms with E-state index in [0.29, 0.717) is 30.7 Å². The standard InChI is InChI=1S/C22H25BrClN5O/c1-18(23)16-29-13-10-20(11-14-29)28-22(27-17-25)26-12-4-2-3-5-15-30-21-8-6-19(24)7-9-21/h6-11,13-14H,1-5,12,15-16H2,(H,26,27)/p+1. The third-order valence-corrected chi connectivity index (χ3v) is 4.59. The molecule has 30 heavy (non-hydrogen) atoms. The highest BCUT2D eigenvalue weighted by molar-refractivity contribution is 9.11. The number of benzene rings is 1. The molecule has 0 aliphatic heterocycles. The zero-order valence-electron chi connectivity index (χ0n) is 16.8. The predicted molar refractivity (Wildman–Crippen MR) is 125 cm³/mol. The first-order chi connectivity index (χ1) is 14.6. The van der Waals surface area contributed by atoms with Crippen molar-refractivity contribution in [2.75, 3.05) is 18.5 Å². The lowest BCUT2D eigenvalue weighted by molar-refractivity contribution is -0.687. The molecule has 2 rings (SSSR count). The van der Waals surface area contributed by atoms with Crippen LogP contribution in [0.3, 0.4) is 0 Å². The smallest absolute Gasteiger partial charge is 0.209 e. The Morgan fingerprint density at radius 3 is 2.50 bits per heavy atom. The van der Waals surface area contributed by atoms with Crippen molar-refractivity contribution in [3.8, 4) is 11.9 Å². The summed E-state index contributed by atoms with van der Waals surface area (Å²) in [6.07, 6.45) is 9.84. The van der Waals surface area contributed by atoms with Gasteiger partial charge in [0.2, 0.25) is 5.96 Å². The third kappa shape index (κ3) is 9.77. The molecular weight excluding hydrogens is 466 g/mol. The van der Waals surface area contributed by atoms with Gasteiger partial charge in [-0.1, -0.05) is 24.6 Å². The van der Waals surface area contributed by atoms with E-state index in [2.05, 4.69) is 38.1 Å². The minimum Gasteiger partial charge on any atom is -0.494 e. The maximum absolute atomic E-state index is 8.94. The van der Waals surface area contributed by atoms with Gasteiger partial charge in [-0.2, -0.15) is 5.26 Å². The number of unbranched alkanes of at least 4 members (excludes halogenated alkanes) is 3. The van der Waals surface area contributed by atoms with Crippen LogP contribution in [-0.4, -0.2) is 19.1 Å². The van der Waals surface area contributed by atoms with Gasteiger partial charge in [0.05, 0.1) is 16.8 Å². The summed E-state index contributed by atoms with van der Waals surface area (Å²) in [5.74, 6) is 1.29. The highest BCUT2D eigenvalue weighted by atomic mass is 79.9. The van der Waals surface area contributed by atoms with Crippen molar-refractivity contribution in [2.45, 2.75) is 32.2 Å². The van der Waals surface area contributed by atoms with Gasteiger partial charge < -0.3 is 10.1 Å². The number of pyridine rings is 1. The maximum atomic E-state index is 8.94. The van der Waals surface area contributed by atoms with Crippen LogP contribution in [0.2, 0.25) is 5.02 Å². The predicted octanol–water partition coefficient (Wildman–Crippen LogP) is 5.01. The molecule has 1 aromatic heterocycles. The normalized spacial score (nSPS) is 10.9. The molecular formula is C22H26BrClN5O+. The lowest BCUT2D eigenvalue weighted by atomic mass is 10.2. The number of halogens is 2. The van der Waals surface area contributed by atoms with Crippen LogP contribution in [0.5, 0.6) is 5.75 Å². The van der Waals surface area contributed by atoms with Gasteiger partial charge in [-0.3, -0.25) is 10.3 Å². The molecule has 0 unspecified atom stereocenters. The van der Waals surface area contributed by atoms with Crippen LogP contribution in [0, 0.1) is 11.5 Å². The molecule has 0 atom stereocenters. The fourth-order valence-electron chi connectivity index (χ4n) is 2.62. The van der Waals surface area contributed by atoms with Crippen molar-refractivity contribution in [1.29, 1.82) is 5.26 Å². The van der Waals surface area contributed by atoms with E-state index in [1.807, 2.05) is 59.6 Å². The van der Waals surface area contributed by atoms with E-state index in [4.69, 9.17) is 21.6 Å². The lowest BCUT2D eigenvalue weighted by Crippen LogP contribution is -2.33. The van der Waals surface area contributed by atoms with Crippen molar-refractivity contribution < 1.29 is 9.30 Å². The minimum atomic E-state index is 0.450. The Labute approximate surface area is 191 Å². The molecule has 0 saturated heterocycles. The fourth-order valence-corrected chi connectivity index (χ4v) is 3.04. The van der Waals surface area contributed by atoms with Crippen molar-refractivity contribution in [3.63, 3.8) is 0 Å². The van der Waals surface area contributed by atoms with Crippen molar-refractivity contribution in [2.24, 2.45) is 4.99 Å². The first kappa shape index (κ1) is 23.7. The lowest BCUT2D eigenvalue weighted by Gasteiger charge is -2.08. The average Bonchev–Trinajstić information content (AvgIpc) is 2.72. The molecule has 0 radical (unpaired) electrons. The molecule has 0 saturated carbocycles. The summed E-state index contributed by atoms with van der Waals surface area (Å²) < 4.78 is 8.58. The summed E-state index contributed by atoms with van der Waals surface area (Å²) in [4.78, 5) is 4.45. The Bertz CT molecular complexity index is 863. The van der Waals surface area contributed by atoms with E-state index >= 15 is 0 Å². The minimum absolute atomic E-state index is 0.450. The first-order valence-corrected chi connectivity index (χ1v) is 10.9. The molecule has 0 bridgehead atoms. The van der Waals surface area contributed by atoms with E-state index in [-0.39, 0.29) is 0 Å². The number of allylic oxidation sites excluding steroid dienone is 1. The molecule has 2 aromatic rings. The van der Waals surface area contributed by atoms with Crippen molar-refractivity contribution >= 4 is 39.2 Å². The number of hydrogen-bond acceptors (Lipinski definition) is 3. The summed E-state index contributed by atoms with van der Waals surface area (Å²) in [5.41, 5.74) is 0.854. The third-order valence-electron chi connectivity index (χ3n) is 4.09. The van der Waals surface area contributed by atoms with Gasteiger partial charge in [-0.25, -0.2) is 4.57 Å². The molecule has 0 spiro atoms. The van der Waals surface area contributed by atoms with Crippen LogP contribution >= 0.6 is 27.5 Å². The van der Waals surface area contributed by atoms with Crippen LogP contribution in [-0.2, 0) is 6.54 Å². The number of nitrogens with zero attached hydrogens (tertiary/aromatic N) is 3. The topological polar surface area (TPSA) is 73.3 Å². The Morgan fingerprint density at radius 2 is 1.83 bits per heavy atom. The van der Waals surface area contributed by atoms with Gasteiger partial charge in [-0.15, -0.1) is 0 Å². The van der Waals surface area contributed by atoms with E-state index in [9.17, 15) is 0 Å². The molecule has 0 aliphatic rings. The first-order valence-electron chi connectivity index (χ1n) is 9.74. The number of ether oxygens (including phenoxy) is 1. The number of rotatable bonds is 11. The highest BCUT2D eigenvalue weighted by Gasteiger charge is 2.04. The van der Waals surface area contributed by atoms with Crippen molar-refractivity contribution in [3.05, 3.63) is 64.9 Å². The van der Waals surface area contributed by atoms with E-state index in [0.717, 1.165) is 41.6 Å². The summed E-state index contributed by atoms with van der Waals surface area (Å²) in [5, 5.41) is 15.4. The second kappa shape index (κ2) is 13.6. The van der Waals surface area contributed by atoms with Gasteiger partial charge in [-0.05, 0) is 59.5 Å². The Balaban J connectivity index is 1.66. The maximum Gasteiger partial charge on any atom is 0.209 e. The molecule has 158 valence electrons. The molecule has 6 nitrogen and oxygen atoms in total. The molecule has 1 aromatic carbocycles. The summed E-state index contributed by atoms with van der Waals surface area (Å²) in [7, 11) is 0. The quantitative estimate of drug-likeness (QED) is 0.116. The van der Waals surface area contributed by atoms with Gasteiger partial charge in [0.1, 0.15) is 5.75 Å². The van der Waals surface area contributed by atoms with E-state index in [1.54, 1.807) is 0 Å². The number of anilines is 1. The molecule has 0 fully saturated rings. The number of aromatic nitrogens is 1. The van der Waals surface area contributed by atoms with Crippen LogP contribution in [0.1, 0.15) is 25.7 Å². The van der Waals surface area contributed by atoms with E-state index < -0.39 is 0 Å². The van der Waals surface area contributed by atoms with Gasteiger partial charge >= 0.3 is 0 Å². The fraction of sp³-hybridized carbons (Fsp3) is 0.318. The molecule has 0 aliphatic carbocycles. The number of aliphatic imine (C=N–C) groups is 1. The van der Waals surface area contributed by atoms with E-state index in [1.165, 1.54) is 0 Å². The van der Waals surface area contributed by atoms with Crippen LogP contribution in [0.15, 0.2) is 64.8 Å². The molecule has 2 N–H and O–H groups in total. The second-order valence-electron chi connectivity index (χ2n) is 6.59. The summed E-state index contributed by atoms with van der Waals surface area (Å²) in [6, 6.07) is 11.2. The average molecular weight is 492 g/mol. The molecule has 8 heteroatoms. The Morgan fingerprint density at radius 1 is 1.13 bits per heavy atom. The largest absolute Gasteiger partial charge is 0.494 e. The Kier molecular flexibility index (Phi) is 10.8. The number of nitrogens with one attached hydrogen (secondary N) is 2. The number of nitriles is 1. The zero-order chi connectivity index (χ0) is 21.6. The van der Waals surface area contributed by atoms with Crippen LogP contribution < -0.4 is 19.9 Å². The summed E-state index contributed by atoms with van der Waals surface area (Å²) in [6.45, 7) is 5.86. The second-order valence-corrected chi connectivity index (χ2v) is 8.14. The zero-order valence-corrected chi connectivity index (χ0v) is 19.1. The van der Waals surface area contributed by atoms with Crippen molar-refractivity contribution in [1.82, 2.24) is 5.32 Å². The monoisotopic (exact) mass is 490 g/mol. The number of hydrogen-bond donors (Lipinski definition) is 2. The molecule has 0 amide bonds. The summed E-state index contributed by atoms with van der Waals surface area (Å²) >= 11 is 9.21. The van der Waals surface area contributed by atoms with Crippen LogP contribution in [0.4, 0.5) is 5.69 Å².